The molecule has 1 aromatic rings. The first-order chi connectivity index (χ1) is 6.86. The van der Waals surface area contributed by atoms with E-state index in [0.717, 1.165) is 11.5 Å². The summed E-state index contributed by atoms with van der Waals surface area (Å²) in [5.74, 6) is 1.15. The van der Waals surface area contributed by atoms with Gasteiger partial charge in [0.05, 0.1) is 0 Å². The third kappa shape index (κ3) is 1.96. The molecule has 2 rings (SSSR count). The highest BCUT2D eigenvalue weighted by Gasteiger charge is 2.06. The maximum absolute atomic E-state index is 4.47. The number of hydrogen-bond acceptors (Lipinski definition) is 2. The molecule has 1 aliphatic rings. The van der Waals surface area contributed by atoms with E-state index in [1.165, 1.54) is 0 Å². The van der Waals surface area contributed by atoms with Crippen LogP contribution in [-0.2, 0) is 0 Å². The van der Waals surface area contributed by atoms with Crippen LogP contribution in [0.15, 0.2) is 53.7 Å². The van der Waals surface area contributed by atoms with Crippen molar-refractivity contribution >= 4 is 11.5 Å². The quantitative estimate of drug-likeness (QED) is 0.658. The molecule has 70 valence electrons. The number of aromatic nitrogens is 1. The largest absolute Gasteiger partial charge is 0.237 e. The van der Waals surface area contributed by atoms with Gasteiger partial charge >= 0.3 is 0 Å². The van der Waals surface area contributed by atoms with Gasteiger partial charge in [0, 0.05) is 17.8 Å². The molecule has 1 unspecified atom stereocenters. The molecule has 1 atom stereocenters. The van der Waals surface area contributed by atoms with Gasteiger partial charge in [-0.2, -0.15) is 0 Å². The molecular formula is C12H12N2. The molecule has 0 bridgehead atoms. The minimum Gasteiger partial charge on any atom is -0.237 e. The van der Waals surface area contributed by atoms with Gasteiger partial charge in [-0.25, -0.2) is 9.98 Å². The molecule has 1 aliphatic carbocycles. The molecule has 0 fully saturated rings. The number of allylic oxidation sites excluding steroid dienone is 4. The van der Waals surface area contributed by atoms with Gasteiger partial charge in [0.15, 0.2) is 5.82 Å². The lowest BCUT2D eigenvalue weighted by Crippen LogP contribution is -2.07. The first-order valence-corrected chi connectivity index (χ1v) is 4.71. The molecule has 0 radical (unpaired) electrons. The monoisotopic (exact) mass is 184 g/mol. The van der Waals surface area contributed by atoms with Crippen molar-refractivity contribution in [2.24, 2.45) is 10.9 Å². The van der Waals surface area contributed by atoms with Crippen LogP contribution < -0.4 is 0 Å². The lowest BCUT2D eigenvalue weighted by molar-refractivity contribution is 0.993. The Hall–Kier alpha value is -1.70. The Morgan fingerprint density at radius 3 is 2.93 bits per heavy atom. The second-order valence-electron chi connectivity index (χ2n) is 3.26. The van der Waals surface area contributed by atoms with Crippen molar-refractivity contribution in [3.8, 4) is 0 Å². The maximum Gasteiger partial charge on any atom is 0.152 e. The number of rotatable bonds is 1. The van der Waals surface area contributed by atoms with Crippen LogP contribution in [0.2, 0.25) is 0 Å². The minimum absolute atomic E-state index is 0.377. The van der Waals surface area contributed by atoms with Crippen LogP contribution >= 0.6 is 0 Å². The number of nitrogens with zero attached hydrogens (tertiary/aromatic N) is 2. The summed E-state index contributed by atoms with van der Waals surface area (Å²) in [6.45, 7) is 2.13. The second-order valence-corrected chi connectivity index (χ2v) is 3.26. The molecule has 0 saturated carbocycles. The Morgan fingerprint density at radius 2 is 2.21 bits per heavy atom. The lowest BCUT2D eigenvalue weighted by Gasteiger charge is -2.09. The summed E-state index contributed by atoms with van der Waals surface area (Å²) in [5, 5.41) is 0. The Labute approximate surface area is 83.7 Å². The highest BCUT2D eigenvalue weighted by molar-refractivity contribution is 6.00. The average molecular weight is 184 g/mol. The van der Waals surface area contributed by atoms with Gasteiger partial charge in [-0.05, 0) is 18.2 Å². The van der Waals surface area contributed by atoms with Crippen molar-refractivity contribution in [1.82, 2.24) is 4.98 Å². The van der Waals surface area contributed by atoms with Crippen molar-refractivity contribution in [3.05, 3.63) is 48.7 Å². The van der Waals surface area contributed by atoms with E-state index in [0.29, 0.717) is 5.92 Å². The zero-order chi connectivity index (χ0) is 9.80. The zero-order valence-corrected chi connectivity index (χ0v) is 8.09. The summed E-state index contributed by atoms with van der Waals surface area (Å²) in [6.07, 6.45) is 9.96. The number of aliphatic imine (C=N–C) groups is 1. The predicted octanol–water partition coefficient (Wildman–Crippen LogP) is 2.92. The van der Waals surface area contributed by atoms with Crippen molar-refractivity contribution in [2.75, 3.05) is 0 Å². The lowest BCUT2D eigenvalue weighted by atomic mass is 10.0. The van der Waals surface area contributed by atoms with Crippen molar-refractivity contribution in [3.63, 3.8) is 0 Å². The molecule has 0 aliphatic heterocycles. The molecular weight excluding hydrogens is 172 g/mol. The fourth-order valence-electron chi connectivity index (χ4n) is 1.33. The van der Waals surface area contributed by atoms with Crippen LogP contribution in [-0.4, -0.2) is 10.7 Å². The van der Waals surface area contributed by atoms with Crippen molar-refractivity contribution in [2.45, 2.75) is 6.92 Å². The molecule has 0 aromatic carbocycles. The van der Waals surface area contributed by atoms with Gasteiger partial charge in [0.1, 0.15) is 0 Å². The van der Waals surface area contributed by atoms with E-state index >= 15 is 0 Å². The van der Waals surface area contributed by atoms with E-state index in [1.807, 2.05) is 36.4 Å². The summed E-state index contributed by atoms with van der Waals surface area (Å²) in [4.78, 5) is 8.63. The minimum atomic E-state index is 0.377. The molecule has 2 heteroatoms. The SMILES string of the molecule is CC1C=CC=CC1=Nc1ccccn1. The highest BCUT2D eigenvalue weighted by Crippen LogP contribution is 2.13. The standard InChI is InChI=1S/C12H12N2/c1-10-6-2-3-7-11(10)14-12-8-4-5-9-13-12/h2-10H,1H3. The van der Waals surface area contributed by atoms with Crippen LogP contribution in [0.25, 0.3) is 0 Å². The topological polar surface area (TPSA) is 25.2 Å². The Morgan fingerprint density at radius 1 is 1.29 bits per heavy atom. The van der Waals surface area contributed by atoms with E-state index in [2.05, 4.69) is 23.0 Å². The Bertz CT molecular complexity index is 388. The normalized spacial score (nSPS) is 22.9. The van der Waals surface area contributed by atoms with E-state index in [4.69, 9.17) is 0 Å². The molecule has 2 nitrogen and oxygen atoms in total. The van der Waals surface area contributed by atoms with Crippen LogP contribution in [0.5, 0.6) is 0 Å². The second kappa shape index (κ2) is 4.01. The third-order valence-corrected chi connectivity index (χ3v) is 2.14. The van der Waals surface area contributed by atoms with Gasteiger partial charge in [0.25, 0.3) is 0 Å². The summed E-state index contributed by atoms with van der Waals surface area (Å²) in [7, 11) is 0. The van der Waals surface area contributed by atoms with E-state index in [-0.39, 0.29) is 0 Å². The van der Waals surface area contributed by atoms with Gasteiger partial charge in [-0.1, -0.05) is 31.2 Å². The molecule has 0 amide bonds. The van der Waals surface area contributed by atoms with E-state index in [1.54, 1.807) is 6.20 Å². The van der Waals surface area contributed by atoms with Crippen molar-refractivity contribution < 1.29 is 0 Å². The zero-order valence-electron chi connectivity index (χ0n) is 8.09. The summed E-state index contributed by atoms with van der Waals surface area (Å²) in [5.41, 5.74) is 1.06. The highest BCUT2D eigenvalue weighted by atomic mass is 14.9. The Balaban J connectivity index is 2.27. The number of pyridine rings is 1. The maximum atomic E-state index is 4.47. The smallest absolute Gasteiger partial charge is 0.152 e. The fraction of sp³-hybridized carbons (Fsp3) is 0.167. The van der Waals surface area contributed by atoms with Crippen molar-refractivity contribution in [1.29, 1.82) is 0 Å². The fourth-order valence-corrected chi connectivity index (χ4v) is 1.33. The molecule has 0 N–H and O–H groups in total. The van der Waals surface area contributed by atoms with Crippen LogP contribution in [0, 0.1) is 5.92 Å². The molecule has 1 aromatic heterocycles. The van der Waals surface area contributed by atoms with Crippen LogP contribution in [0.1, 0.15) is 6.92 Å². The summed E-state index contributed by atoms with van der Waals surface area (Å²) < 4.78 is 0. The van der Waals surface area contributed by atoms with Gasteiger partial charge < -0.3 is 0 Å². The van der Waals surface area contributed by atoms with Crippen LogP contribution in [0.4, 0.5) is 5.82 Å². The Kier molecular flexibility index (Phi) is 2.54. The first kappa shape index (κ1) is 8.88. The van der Waals surface area contributed by atoms with Crippen LogP contribution in [0.3, 0.4) is 0 Å². The number of hydrogen-bond donors (Lipinski definition) is 0. The summed E-state index contributed by atoms with van der Waals surface area (Å²) in [6, 6.07) is 5.75. The third-order valence-electron chi connectivity index (χ3n) is 2.14. The van der Waals surface area contributed by atoms with Gasteiger partial charge in [-0.15, -0.1) is 0 Å². The van der Waals surface area contributed by atoms with Gasteiger partial charge in [-0.3, -0.25) is 0 Å². The molecule has 14 heavy (non-hydrogen) atoms. The van der Waals surface area contributed by atoms with E-state index < -0.39 is 0 Å². The van der Waals surface area contributed by atoms with E-state index in [9.17, 15) is 0 Å². The summed E-state index contributed by atoms with van der Waals surface area (Å²) >= 11 is 0. The molecule has 1 heterocycles. The molecule has 0 spiro atoms. The first-order valence-electron chi connectivity index (χ1n) is 4.71. The van der Waals surface area contributed by atoms with Gasteiger partial charge in [0.2, 0.25) is 0 Å². The average Bonchev–Trinajstić information content (AvgIpc) is 2.23. The predicted molar refractivity (Wildman–Crippen MR) is 58.8 cm³/mol. The molecule has 0 saturated heterocycles.